The van der Waals surface area contributed by atoms with E-state index in [2.05, 4.69) is 21.1 Å². The van der Waals surface area contributed by atoms with Crippen LogP contribution in [0.2, 0.25) is 20.1 Å². The van der Waals surface area contributed by atoms with E-state index in [9.17, 15) is 13.6 Å². The second-order valence-electron chi connectivity index (χ2n) is 4.97. The molecule has 0 saturated carbocycles. The Labute approximate surface area is 207 Å². The SMILES string of the molecule is Cl.NC(N)=N/N=C/c1ccc(Cl)c(F)c1Cl.NN=C(N)N.O=Cc1ccc(Cl)c(F)c1Cl. The minimum Gasteiger partial charge on any atom is -0.369 e. The summed E-state index contributed by atoms with van der Waals surface area (Å²) in [6, 6.07) is 5.51. The lowest BCUT2D eigenvalue weighted by molar-refractivity contribution is 0.112. The summed E-state index contributed by atoms with van der Waals surface area (Å²) in [6.45, 7) is 0. The van der Waals surface area contributed by atoms with E-state index in [4.69, 9.17) is 69.3 Å². The Kier molecular flexibility index (Phi) is 15.9. The largest absolute Gasteiger partial charge is 0.369 e. The number of guanidine groups is 2. The summed E-state index contributed by atoms with van der Waals surface area (Å²) in [5.41, 5.74) is 19.9. The number of halogens is 7. The van der Waals surface area contributed by atoms with Gasteiger partial charge in [0, 0.05) is 11.1 Å². The molecule has 0 aliphatic rings. The monoisotopic (exact) mass is 550 g/mol. The second-order valence-corrected chi connectivity index (χ2v) is 6.54. The van der Waals surface area contributed by atoms with Crippen molar-refractivity contribution in [2.75, 3.05) is 0 Å². The molecule has 32 heavy (non-hydrogen) atoms. The molecule has 176 valence electrons. The summed E-state index contributed by atoms with van der Waals surface area (Å²) < 4.78 is 25.9. The van der Waals surface area contributed by atoms with Crippen LogP contribution in [0, 0.1) is 11.6 Å². The first kappa shape index (κ1) is 31.6. The van der Waals surface area contributed by atoms with Crippen LogP contribution in [0.25, 0.3) is 0 Å². The third-order valence-electron chi connectivity index (χ3n) is 2.78. The van der Waals surface area contributed by atoms with E-state index in [0.29, 0.717) is 11.8 Å². The standard InChI is InChI=1S/C8H7Cl2FN4.C7H3Cl2FO.CH6N4.ClH/c9-5-2-1-4(6(10)7(5)11)3-14-15-8(12)13;8-5-2-1-4(3-11)6(9)7(5)10;2-1(3)5-4;/h1-3H,(H4,12,13,15);1-3H;4H2,(H4,2,3,5);1H/b14-3+;;;. The Morgan fingerprint density at radius 2 is 1.22 bits per heavy atom. The van der Waals surface area contributed by atoms with Crippen molar-refractivity contribution in [2.24, 2.45) is 44.1 Å². The molecule has 0 fully saturated rings. The van der Waals surface area contributed by atoms with Gasteiger partial charge in [0.2, 0.25) is 11.9 Å². The zero-order chi connectivity index (χ0) is 24.1. The van der Waals surface area contributed by atoms with Crippen molar-refractivity contribution in [3.8, 4) is 0 Å². The molecule has 9 nitrogen and oxygen atoms in total. The first-order valence-electron chi connectivity index (χ1n) is 7.59. The first-order chi connectivity index (χ1) is 14.5. The quantitative estimate of drug-likeness (QED) is 0.0972. The van der Waals surface area contributed by atoms with Crippen molar-refractivity contribution in [1.82, 2.24) is 0 Å². The fourth-order valence-electron chi connectivity index (χ4n) is 1.43. The van der Waals surface area contributed by atoms with Crippen molar-refractivity contribution < 1.29 is 13.6 Å². The highest BCUT2D eigenvalue weighted by molar-refractivity contribution is 6.37. The van der Waals surface area contributed by atoms with Crippen LogP contribution in [0.1, 0.15) is 15.9 Å². The van der Waals surface area contributed by atoms with Crippen LogP contribution in [0.15, 0.2) is 39.6 Å². The minimum atomic E-state index is -0.752. The van der Waals surface area contributed by atoms with E-state index in [1.807, 2.05) is 0 Å². The molecule has 2 aromatic rings. The van der Waals surface area contributed by atoms with Crippen LogP contribution < -0.4 is 28.8 Å². The number of nitrogens with two attached hydrogens (primary N) is 5. The highest BCUT2D eigenvalue weighted by Crippen LogP contribution is 2.26. The smallest absolute Gasteiger partial charge is 0.211 e. The Morgan fingerprint density at radius 3 is 1.59 bits per heavy atom. The highest BCUT2D eigenvalue weighted by Gasteiger charge is 2.09. The maximum Gasteiger partial charge on any atom is 0.211 e. The number of carbonyl (C=O) groups excluding carboxylic acids is 1. The number of aldehydes is 1. The summed E-state index contributed by atoms with van der Waals surface area (Å²) in [7, 11) is 0. The average Bonchev–Trinajstić information content (AvgIpc) is 2.73. The first-order valence-corrected chi connectivity index (χ1v) is 9.10. The molecule has 2 rings (SSSR count). The lowest BCUT2D eigenvalue weighted by Crippen LogP contribution is -2.23. The topological polar surface area (TPSA) is 184 Å². The molecule has 0 saturated heterocycles. The van der Waals surface area contributed by atoms with Gasteiger partial charge in [0.15, 0.2) is 17.9 Å². The van der Waals surface area contributed by atoms with E-state index in [1.54, 1.807) is 0 Å². The fraction of sp³-hybridized carbons (Fsp3) is 0. The predicted octanol–water partition coefficient (Wildman–Crippen LogP) is 3.24. The van der Waals surface area contributed by atoms with E-state index in [0.717, 1.165) is 0 Å². The van der Waals surface area contributed by atoms with Gasteiger partial charge in [-0.3, -0.25) is 4.79 Å². The Morgan fingerprint density at radius 1 is 0.812 bits per heavy atom. The molecule has 0 aliphatic carbocycles. The van der Waals surface area contributed by atoms with Gasteiger partial charge in [-0.05, 0) is 18.2 Å². The summed E-state index contributed by atoms with van der Waals surface area (Å²) in [6.07, 6.45) is 1.70. The van der Waals surface area contributed by atoms with E-state index >= 15 is 0 Å². The number of hydrogen-bond donors (Lipinski definition) is 5. The van der Waals surface area contributed by atoms with Crippen LogP contribution in [0.5, 0.6) is 0 Å². The van der Waals surface area contributed by atoms with Crippen LogP contribution in [-0.4, -0.2) is 24.4 Å². The molecule has 0 unspecified atom stereocenters. The van der Waals surface area contributed by atoms with Crippen molar-refractivity contribution in [1.29, 1.82) is 0 Å². The average molecular weight is 553 g/mol. The molecule has 0 amide bonds. The predicted molar refractivity (Wildman–Crippen MR) is 129 cm³/mol. The van der Waals surface area contributed by atoms with Crippen LogP contribution >= 0.6 is 58.8 Å². The molecule has 0 heterocycles. The van der Waals surface area contributed by atoms with E-state index < -0.39 is 11.6 Å². The maximum absolute atomic E-state index is 13.2. The van der Waals surface area contributed by atoms with Crippen molar-refractivity contribution in [3.63, 3.8) is 0 Å². The molecular formula is C16H17Cl5F2N8O. The number of rotatable bonds is 3. The highest BCUT2D eigenvalue weighted by atomic mass is 35.5. The lowest BCUT2D eigenvalue weighted by Gasteiger charge is -1.99. The molecule has 16 heteroatoms. The number of carbonyl (C=O) groups is 1. The molecule has 0 aromatic heterocycles. The van der Waals surface area contributed by atoms with Crippen molar-refractivity contribution in [3.05, 3.63) is 67.1 Å². The lowest BCUT2D eigenvalue weighted by atomic mass is 10.2. The Hall–Kier alpha value is -2.57. The number of benzene rings is 2. The summed E-state index contributed by atoms with van der Waals surface area (Å²) >= 11 is 21.9. The third kappa shape index (κ3) is 11.2. The minimum absolute atomic E-state index is 0. The van der Waals surface area contributed by atoms with Crippen LogP contribution in [-0.2, 0) is 0 Å². The maximum atomic E-state index is 13.2. The molecule has 0 radical (unpaired) electrons. The second kappa shape index (κ2) is 16.1. The van der Waals surface area contributed by atoms with E-state index in [-0.39, 0.29) is 50.0 Å². The molecule has 0 bridgehead atoms. The molecule has 0 aliphatic heterocycles. The normalized spacial score (nSPS) is 9.31. The van der Waals surface area contributed by atoms with Gasteiger partial charge in [-0.2, -0.15) is 5.10 Å². The molecule has 0 atom stereocenters. The van der Waals surface area contributed by atoms with Crippen LogP contribution in [0.3, 0.4) is 0 Å². The van der Waals surface area contributed by atoms with Crippen LogP contribution in [0.4, 0.5) is 8.78 Å². The number of hydrogen-bond acceptors (Lipinski definition) is 5. The Bertz CT molecular complexity index is 997. The van der Waals surface area contributed by atoms with Gasteiger partial charge >= 0.3 is 0 Å². The van der Waals surface area contributed by atoms with Gasteiger partial charge in [-0.15, -0.1) is 22.6 Å². The molecule has 10 N–H and O–H groups in total. The third-order valence-corrected chi connectivity index (χ3v) is 4.13. The summed E-state index contributed by atoms with van der Waals surface area (Å²) in [5, 5.41) is 9.20. The summed E-state index contributed by atoms with van der Waals surface area (Å²) in [5.74, 6) is 2.77. The van der Waals surface area contributed by atoms with E-state index in [1.165, 1.54) is 30.5 Å². The zero-order valence-electron chi connectivity index (χ0n) is 15.8. The van der Waals surface area contributed by atoms with Crippen molar-refractivity contribution in [2.45, 2.75) is 0 Å². The number of nitrogens with zero attached hydrogens (tertiary/aromatic N) is 3. The summed E-state index contributed by atoms with van der Waals surface area (Å²) in [4.78, 5) is 10.2. The van der Waals surface area contributed by atoms with Gasteiger partial charge in [0.05, 0.1) is 26.3 Å². The van der Waals surface area contributed by atoms with Gasteiger partial charge in [-0.1, -0.05) is 52.5 Å². The number of hydrazone groups is 1. The van der Waals surface area contributed by atoms with Gasteiger partial charge in [-0.25, -0.2) is 8.78 Å². The zero-order valence-corrected chi connectivity index (χ0v) is 19.6. The Balaban J connectivity index is 0. The van der Waals surface area contributed by atoms with Gasteiger partial charge in [0.25, 0.3) is 0 Å². The van der Waals surface area contributed by atoms with Gasteiger partial charge in [0.1, 0.15) is 0 Å². The fourth-order valence-corrected chi connectivity index (χ4v) is 2.26. The van der Waals surface area contributed by atoms with Gasteiger partial charge < -0.3 is 28.8 Å². The molecule has 2 aromatic carbocycles. The van der Waals surface area contributed by atoms with Crippen molar-refractivity contribution >= 4 is 83.2 Å². The molecular weight excluding hydrogens is 535 g/mol. The molecule has 0 spiro atoms.